The van der Waals surface area contributed by atoms with Gasteiger partial charge in [-0.15, -0.1) is 0 Å². The average molecular weight is 177 g/mol. The summed E-state index contributed by atoms with van der Waals surface area (Å²) < 4.78 is 0. The SMILES string of the molecule is OC1CC[C@H](Cc2ccccc2)N1. The zero-order valence-electron chi connectivity index (χ0n) is 7.61. The van der Waals surface area contributed by atoms with E-state index in [-0.39, 0.29) is 6.23 Å². The Morgan fingerprint density at radius 3 is 2.62 bits per heavy atom. The Bertz CT molecular complexity index is 260. The van der Waals surface area contributed by atoms with Gasteiger partial charge in [-0.25, -0.2) is 0 Å². The monoisotopic (exact) mass is 177 g/mol. The van der Waals surface area contributed by atoms with Gasteiger partial charge in [0.15, 0.2) is 0 Å². The highest BCUT2D eigenvalue weighted by molar-refractivity contribution is 5.16. The molecule has 0 amide bonds. The normalized spacial score (nSPS) is 27.8. The van der Waals surface area contributed by atoms with Gasteiger partial charge in [0.05, 0.1) is 0 Å². The van der Waals surface area contributed by atoms with Crippen molar-refractivity contribution in [1.29, 1.82) is 0 Å². The van der Waals surface area contributed by atoms with Crippen LogP contribution in [0.3, 0.4) is 0 Å². The number of aliphatic hydroxyl groups excluding tert-OH is 1. The first-order valence-corrected chi connectivity index (χ1v) is 4.82. The standard InChI is InChI=1S/C11H15NO/c13-11-7-6-10(12-11)8-9-4-2-1-3-5-9/h1-5,10-13H,6-8H2/t10-,11?/m1/s1. The maximum absolute atomic E-state index is 9.27. The van der Waals surface area contributed by atoms with Crippen LogP contribution in [-0.2, 0) is 6.42 Å². The third kappa shape index (κ3) is 2.29. The van der Waals surface area contributed by atoms with E-state index in [1.54, 1.807) is 0 Å². The molecule has 2 N–H and O–H groups in total. The van der Waals surface area contributed by atoms with Crippen molar-refractivity contribution in [3.63, 3.8) is 0 Å². The molecule has 70 valence electrons. The van der Waals surface area contributed by atoms with Gasteiger partial charge in [-0.1, -0.05) is 30.3 Å². The Morgan fingerprint density at radius 2 is 2.00 bits per heavy atom. The molecule has 1 heterocycles. The Labute approximate surface area is 78.6 Å². The highest BCUT2D eigenvalue weighted by Gasteiger charge is 2.21. The third-order valence-electron chi connectivity index (χ3n) is 2.54. The van der Waals surface area contributed by atoms with Gasteiger partial charge in [-0.05, 0) is 24.8 Å². The lowest BCUT2D eigenvalue weighted by atomic mass is 10.1. The van der Waals surface area contributed by atoms with E-state index in [1.165, 1.54) is 5.56 Å². The number of aliphatic hydroxyl groups is 1. The van der Waals surface area contributed by atoms with E-state index in [1.807, 2.05) is 6.07 Å². The van der Waals surface area contributed by atoms with E-state index in [9.17, 15) is 5.11 Å². The van der Waals surface area contributed by atoms with Crippen LogP contribution in [0, 0.1) is 0 Å². The maximum Gasteiger partial charge on any atom is 0.105 e. The second-order valence-electron chi connectivity index (χ2n) is 3.65. The molecule has 0 spiro atoms. The number of hydrogen-bond acceptors (Lipinski definition) is 2. The molecule has 2 atom stereocenters. The molecule has 1 aromatic rings. The molecule has 2 heteroatoms. The van der Waals surface area contributed by atoms with Gasteiger partial charge in [-0.2, -0.15) is 0 Å². The lowest BCUT2D eigenvalue weighted by molar-refractivity contribution is 0.154. The van der Waals surface area contributed by atoms with Crippen molar-refractivity contribution in [3.8, 4) is 0 Å². The summed E-state index contributed by atoms with van der Waals surface area (Å²) in [6.45, 7) is 0. The number of rotatable bonds is 2. The lowest BCUT2D eigenvalue weighted by Gasteiger charge is -2.10. The molecule has 0 radical (unpaired) electrons. The Morgan fingerprint density at radius 1 is 1.23 bits per heavy atom. The maximum atomic E-state index is 9.27. The van der Waals surface area contributed by atoms with Crippen LogP contribution in [0.25, 0.3) is 0 Å². The molecule has 1 aromatic carbocycles. The molecular weight excluding hydrogens is 162 g/mol. The third-order valence-corrected chi connectivity index (χ3v) is 2.54. The van der Waals surface area contributed by atoms with E-state index in [0.717, 1.165) is 19.3 Å². The first-order chi connectivity index (χ1) is 6.34. The summed E-state index contributed by atoms with van der Waals surface area (Å²) in [5, 5.41) is 12.4. The van der Waals surface area contributed by atoms with Crippen molar-refractivity contribution in [2.45, 2.75) is 31.5 Å². The van der Waals surface area contributed by atoms with E-state index in [4.69, 9.17) is 0 Å². The minimum atomic E-state index is -0.284. The summed E-state index contributed by atoms with van der Waals surface area (Å²) in [5.74, 6) is 0. The first-order valence-electron chi connectivity index (χ1n) is 4.82. The molecular formula is C11H15NO. The quantitative estimate of drug-likeness (QED) is 0.713. The van der Waals surface area contributed by atoms with E-state index < -0.39 is 0 Å². The molecule has 0 saturated carbocycles. The van der Waals surface area contributed by atoms with Gasteiger partial charge in [0.25, 0.3) is 0 Å². The minimum absolute atomic E-state index is 0.284. The Balaban J connectivity index is 1.92. The van der Waals surface area contributed by atoms with Crippen LogP contribution in [-0.4, -0.2) is 17.4 Å². The van der Waals surface area contributed by atoms with Crippen molar-refractivity contribution in [3.05, 3.63) is 35.9 Å². The van der Waals surface area contributed by atoms with Crippen LogP contribution in [0.2, 0.25) is 0 Å². The molecule has 0 aliphatic carbocycles. The van der Waals surface area contributed by atoms with Gasteiger partial charge < -0.3 is 5.11 Å². The Kier molecular flexibility index (Phi) is 2.62. The van der Waals surface area contributed by atoms with Crippen molar-refractivity contribution >= 4 is 0 Å². The topological polar surface area (TPSA) is 32.3 Å². The van der Waals surface area contributed by atoms with E-state index in [2.05, 4.69) is 29.6 Å². The lowest BCUT2D eigenvalue weighted by Crippen LogP contribution is -2.30. The summed E-state index contributed by atoms with van der Waals surface area (Å²) in [6.07, 6.45) is 2.71. The van der Waals surface area contributed by atoms with E-state index >= 15 is 0 Å². The smallest absolute Gasteiger partial charge is 0.105 e. The summed E-state index contributed by atoms with van der Waals surface area (Å²) in [4.78, 5) is 0. The van der Waals surface area contributed by atoms with Gasteiger partial charge in [0.2, 0.25) is 0 Å². The summed E-state index contributed by atoms with van der Waals surface area (Å²) in [5.41, 5.74) is 1.34. The van der Waals surface area contributed by atoms with Gasteiger partial charge in [0, 0.05) is 6.04 Å². The number of hydrogen-bond donors (Lipinski definition) is 2. The summed E-state index contributed by atoms with van der Waals surface area (Å²) in [7, 11) is 0. The highest BCUT2D eigenvalue weighted by Crippen LogP contribution is 2.14. The number of benzene rings is 1. The van der Waals surface area contributed by atoms with Gasteiger partial charge in [-0.3, -0.25) is 5.32 Å². The molecule has 2 nitrogen and oxygen atoms in total. The largest absolute Gasteiger partial charge is 0.379 e. The fourth-order valence-electron chi connectivity index (χ4n) is 1.86. The Hall–Kier alpha value is -0.860. The van der Waals surface area contributed by atoms with Crippen molar-refractivity contribution in [1.82, 2.24) is 5.32 Å². The van der Waals surface area contributed by atoms with Crippen LogP contribution in [0.4, 0.5) is 0 Å². The average Bonchev–Trinajstić information content (AvgIpc) is 2.53. The second-order valence-corrected chi connectivity index (χ2v) is 3.65. The van der Waals surface area contributed by atoms with Crippen LogP contribution < -0.4 is 5.32 Å². The summed E-state index contributed by atoms with van der Waals surface area (Å²) >= 11 is 0. The van der Waals surface area contributed by atoms with Crippen molar-refractivity contribution < 1.29 is 5.11 Å². The zero-order chi connectivity index (χ0) is 9.10. The molecule has 1 aliphatic rings. The second kappa shape index (κ2) is 3.90. The molecule has 1 unspecified atom stereocenters. The number of nitrogens with one attached hydrogen (secondary N) is 1. The van der Waals surface area contributed by atoms with Crippen LogP contribution in [0.15, 0.2) is 30.3 Å². The van der Waals surface area contributed by atoms with Crippen molar-refractivity contribution in [2.75, 3.05) is 0 Å². The predicted octanol–water partition coefficient (Wildman–Crippen LogP) is 1.30. The van der Waals surface area contributed by atoms with Crippen molar-refractivity contribution in [2.24, 2.45) is 0 Å². The fourth-order valence-corrected chi connectivity index (χ4v) is 1.86. The molecule has 0 aromatic heterocycles. The summed E-state index contributed by atoms with van der Waals surface area (Å²) in [6, 6.07) is 10.9. The van der Waals surface area contributed by atoms with Gasteiger partial charge in [0.1, 0.15) is 6.23 Å². The molecule has 1 fully saturated rings. The molecule has 13 heavy (non-hydrogen) atoms. The fraction of sp³-hybridized carbons (Fsp3) is 0.455. The molecule has 2 rings (SSSR count). The molecule has 1 saturated heterocycles. The molecule has 0 bridgehead atoms. The molecule has 1 aliphatic heterocycles. The van der Waals surface area contributed by atoms with Crippen LogP contribution >= 0.6 is 0 Å². The highest BCUT2D eigenvalue weighted by atomic mass is 16.3. The van der Waals surface area contributed by atoms with E-state index in [0.29, 0.717) is 6.04 Å². The van der Waals surface area contributed by atoms with Gasteiger partial charge >= 0.3 is 0 Å². The predicted molar refractivity (Wildman–Crippen MR) is 52.3 cm³/mol. The zero-order valence-corrected chi connectivity index (χ0v) is 7.61. The first kappa shape index (κ1) is 8.73. The minimum Gasteiger partial charge on any atom is -0.379 e. The van der Waals surface area contributed by atoms with Crippen LogP contribution in [0.5, 0.6) is 0 Å². The van der Waals surface area contributed by atoms with Crippen LogP contribution in [0.1, 0.15) is 18.4 Å².